The molecule has 0 N–H and O–H groups in total. The first-order valence-electron chi connectivity index (χ1n) is 6.63. The molecule has 1 aromatic rings. The topological polar surface area (TPSA) is 60.4 Å². The summed E-state index contributed by atoms with van der Waals surface area (Å²) < 4.78 is 32.2. The number of thiocarbonyl (C=S) groups is 1. The van der Waals surface area contributed by atoms with Gasteiger partial charge in [-0.15, -0.1) is 0 Å². The summed E-state index contributed by atoms with van der Waals surface area (Å²) in [7, 11) is -4.17. The number of allylic oxidation sites excluding steroid dienone is 1. The second-order valence-electron chi connectivity index (χ2n) is 4.64. The van der Waals surface area contributed by atoms with E-state index in [-0.39, 0.29) is 35.3 Å². The van der Waals surface area contributed by atoms with E-state index in [4.69, 9.17) is 12.2 Å². The smallest absolute Gasteiger partial charge is 0.748 e. The summed E-state index contributed by atoms with van der Waals surface area (Å²) in [6, 6.07) is 7.92. The van der Waals surface area contributed by atoms with Gasteiger partial charge in [0.25, 0.3) is 0 Å². The molecule has 0 saturated heterocycles. The van der Waals surface area contributed by atoms with E-state index in [1.807, 2.05) is 42.2 Å². The Hall–Kier alpha value is 0.110. The van der Waals surface area contributed by atoms with E-state index >= 15 is 0 Å². The molecule has 1 aliphatic heterocycles. The minimum atomic E-state index is -4.17. The normalized spacial score (nSPS) is 15.5. The van der Waals surface area contributed by atoms with Gasteiger partial charge in [0, 0.05) is 22.1 Å². The zero-order valence-electron chi connectivity index (χ0n) is 12.6. The van der Waals surface area contributed by atoms with E-state index in [9.17, 15) is 13.0 Å². The summed E-state index contributed by atoms with van der Waals surface area (Å²) in [4.78, 5) is 4.01. The first-order chi connectivity index (χ1) is 9.90. The number of rotatable bonds is 6. The molecule has 1 aliphatic rings. The SMILES string of the molecule is CCC(=S)/C=C1\Sc2ccccc2N1CCCS(=O)(=O)[O-].[Na+]. The predicted molar refractivity (Wildman–Crippen MR) is 89.8 cm³/mol. The average Bonchev–Trinajstić information content (AvgIpc) is 2.75. The minimum Gasteiger partial charge on any atom is -0.748 e. The Bertz CT molecular complexity index is 674. The van der Waals surface area contributed by atoms with Crippen molar-refractivity contribution in [1.29, 1.82) is 0 Å². The van der Waals surface area contributed by atoms with Crippen LogP contribution in [0.4, 0.5) is 5.69 Å². The summed E-state index contributed by atoms with van der Waals surface area (Å²) in [5.74, 6) is -0.345. The van der Waals surface area contributed by atoms with Gasteiger partial charge >= 0.3 is 29.6 Å². The molecular formula is C14H16NNaO3S3. The average molecular weight is 365 g/mol. The van der Waals surface area contributed by atoms with E-state index in [1.54, 1.807) is 11.8 Å². The third kappa shape index (κ3) is 5.63. The fourth-order valence-electron chi connectivity index (χ4n) is 2.03. The first kappa shape index (κ1) is 20.2. The third-order valence-corrected chi connectivity index (χ3v) is 5.35. The van der Waals surface area contributed by atoms with Crippen molar-refractivity contribution < 1.29 is 42.5 Å². The summed E-state index contributed by atoms with van der Waals surface area (Å²) in [6.45, 7) is 2.49. The van der Waals surface area contributed by atoms with E-state index in [2.05, 4.69) is 0 Å². The maximum absolute atomic E-state index is 10.7. The van der Waals surface area contributed by atoms with Crippen molar-refractivity contribution in [1.82, 2.24) is 0 Å². The molecule has 0 aliphatic carbocycles. The number of thioether (sulfide) groups is 1. The van der Waals surface area contributed by atoms with Crippen LogP contribution in [-0.4, -0.2) is 30.1 Å². The van der Waals surface area contributed by atoms with Crippen LogP contribution in [-0.2, 0) is 10.1 Å². The Morgan fingerprint density at radius 1 is 1.41 bits per heavy atom. The van der Waals surface area contributed by atoms with E-state index in [0.717, 1.165) is 26.9 Å². The molecular weight excluding hydrogens is 349 g/mol. The summed E-state index contributed by atoms with van der Waals surface area (Å²) in [6.07, 6.45) is 3.04. The zero-order valence-corrected chi connectivity index (χ0v) is 17.1. The summed E-state index contributed by atoms with van der Waals surface area (Å²) in [5, 5.41) is 0.992. The quantitative estimate of drug-likeness (QED) is 0.310. The van der Waals surface area contributed by atoms with Crippen LogP contribution >= 0.6 is 24.0 Å². The molecule has 114 valence electrons. The molecule has 4 nitrogen and oxygen atoms in total. The van der Waals surface area contributed by atoms with Crippen LogP contribution in [0.25, 0.3) is 0 Å². The maximum atomic E-state index is 10.7. The monoisotopic (exact) mass is 365 g/mol. The Morgan fingerprint density at radius 3 is 2.73 bits per heavy atom. The third-order valence-electron chi connectivity index (χ3n) is 3.05. The van der Waals surface area contributed by atoms with Crippen molar-refractivity contribution in [3.63, 3.8) is 0 Å². The first-order valence-corrected chi connectivity index (χ1v) is 9.43. The number of hydrogen-bond donors (Lipinski definition) is 0. The minimum absolute atomic E-state index is 0. The zero-order chi connectivity index (χ0) is 15.5. The Labute approximate surface area is 163 Å². The molecule has 0 spiro atoms. The molecule has 1 aromatic carbocycles. The molecule has 0 amide bonds. The summed E-state index contributed by atoms with van der Waals surface area (Å²) in [5.41, 5.74) is 1.04. The number of anilines is 1. The fraction of sp³-hybridized carbons (Fsp3) is 0.357. The van der Waals surface area contributed by atoms with Crippen molar-refractivity contribution in [2.45, 2.75) is 24.7 Å². The van der Waals surface area contributed by atoms with Gasteiger partial charge in [-0.1, -0.05) is 43.0 Å². The largest absolute Gasteiger partial charge is 1.00 e. The number of fused-ring (bicyclic) bond motifs is 1. The van der Waals surface area contributed by atoms with Gasteiger partial charge in [0.15, 0.2) is 0 Å². The predicted octanol–water partition coefficient (Wildman–Crippen LogP) is 0.159. The molecule has 22 heavy (non-hydrogen) atoms. The maximum Gasteiger partial charge on any atom is 1.00 e. The number of benzene rings is 1. The van der Waals surface area contributed by atoms with Crippen LogP contribution in [0.15, 0.2) is 40.3 Å². The molecule has 1 heterocycles. The van der Waals surface area contributed by atoms with Crippen LogP contribution in [0.2, 0.25) is 0 Å². The van der Waals surface area contributed by atoms with Crippen molar-refractivity contribution in [3.8, 4) is 0 Å². The second-order valence-corrected chi connectivity index (χ2v) is 7.75. The van der Waals surface area contributed by atoms with Crippen molar-refractivity contribution in [2.75, 3.05) is 17.2 Å². The molecule has 0 bridgehead atoms. The van der Waals surface area contributed by atoms with E-state index < -0.39 is 10.1 Å². The van der Waals surface area contributed by atoms with Crippen LogP contribution in [0.5, 0.6) is 0 Å². The van der Waals surface area contributed by atoms with E-state index in [0.29, 0.717) is 13.0 Å². The van der Waals surface area contributed by atoms with Gasteiger partial charge in [-0.05, 0) is 31.1 Å². The molecule has 0 atom stereocenters. The van der Waals surface area contributed by atoms with Gasteiger partial charge in [0.2, 0.25) is 0 Å². The molecule has 0 saturated carbocycles. The van der Waals surface area contributed by atoms with Crippen LogP contribution < -0.4 is 34.5 Å². The van der Waals surface area contributed by atoms with Gasteiger partial charge in [-0.3, -0.25) is 0 Å². The molecule has 0 radical (unpaired) electrons. The van der Waals surface area contributed by atoms with Crippen LogP contribution in [0.3, 0.4) is 0 Å². The summed E-state index contributed by atoms with van der Waals surface area (Å²) >= 11 is 6.88. The Kier molecular flexibility index (Phi) is 8.08. The van der Waals surface area contributed by atoms with Gasteiger partial charge in [-0.25, -0.2) is 8.42 Å². The Balaban J connectivity index is 0.00000242. The number of nitrogens with zero attached hydrogens (tertiary/aromatic N) is 1. The molecule has 0 fully saturated rings. The van der Waals surface area contributed by atoms with Gasteiger partial charge in [0.05, 0.1) is 20.8 Å². The van der Waals surface area contributed by atoms with Crippen molar-refractivity contribution in [2.24, 2.45) is 0 Å². The number of para-hydroxylation sites is 1. The molecule has 0 unspecified atom stereocenters. The standard InChI is InChI=1S/C14H17NO3S3.Na/c1-2-11(19)10-14-15(8-5-9-21(16,17)18)12-6-3-4-7-13(12)20-14;/h3-4,6-7,10H,2,5,8-9H2,1H3,(H,16,17,18);/q;+1/p-1/b14-10-;. The van der Waals surface area contributed by atoms with Gasteiger partial charge in [0.1, 0.15) is 0 Å². The second kappa shape index (κ2) is 8.82. The van der Waals surface area contributed by atoms with Crippen LogP contribution in [0, 0.1) is 0 Å². The number of hydrogen-bond acceptors (Lipinski definition) is 6. The van der Waals surface area contributed by atoms with E-state index in [1.165, 1.54) is 0 Å². The molecule has 8 heteroatoms. The van der Waals surface area contributed by atoms with Gasteiger partial charge < -0.3 is 9.45 Å². The Morgan fingerprint density at radius 2 is 2.09 bits per heavy atom. The molecule has 0 aromatic heterocycles. The molecule has 2 rings (SSSR count). The van der Waals surface area contributed by atoms with Crippen LogP contribution in [0.1, 0.15) is 19.8 Å². The van der Waals surface area contributed by atoms with Crippen molar-refractivity contribution in [3.05, 3.63) is 35.4 Å². The fourth-order valence-corrected chi connectivity index (χ4v) is 3.85. The van der Waals surface area contributed by atoms with Gasteiger partial charge in [-0.2, -0.15) is 0 Å². The van der Waals surface area contributed by atoms with Crippen molar-refractivity contribution >= 4 is 44.6 Å².